The highest BCUT2D eigenvalue weighted by molar-refractivity contribution is 6.07. The Morgan fingerprint density at radius 2 is 1.64 bits per heavy atom. The predicted molar refractivity (Wildman–Crippen MR) is 224 cm³/mol. The number of carbonyl (C=O) groups is 5. The predicted octanol–water partition coefficient (Wildman–Crippen LogP) is 5.66. The zero-order valence-electron chi connectivity index (χ0n) is 33.0. The Morgan fingerprint density at radius 1 is 0.847 bits per heavy atom. The number of piperidine rings is 1. The van der Waals surface area contributed by atoms with E-state index in [1.807, 2.05) is 67.4 Å². The van der Waals surface area contributed by atoms with Gasteiger partial charge in [-0.25, -0.2) is 0 Å². The van der Waals surface area contributed by atoms with Crippen LogP contribution in [0.25, 0.3) is 44.4 Å². The van der Waals surface area contributed by atoms with Gasteiger partial charge in [-0.2, -0.15) is 5.10 Å². The molecule has 3 aliphatic rings. The van der Waals surface area contributed by atoms with Crippen molar-refractivity contribution in [1.29, 1.82) is 0 Å². The van der Waals surface area contributed by atoms with Crippen LogP contribution >= 0.6 is 0 Å². The second-order valence-corrected chi connectivity index (χ2v) is 14.7. The molecule has 59 heavy (non-hydrogen) atoms. The van der Waals surface area contributed by atoms with E-state index in [0.29, 0.717) is 43.7 Å². The number of imide groups is 1. The lowest BCUT2D eigenvalue weighted by Gasteiger charge is -2.29. The quantitative estimate of drug-likeness (QED) is 0.111. The number of nitrogens with zero attached hydrogens (tertiary/aromatic N) is 5. The summed E-state index contributed by atoms with van der Waals surface area (Å²) in [6.07, 6.45) is 6.19. The van der Waals surface area contributed by atoms with E-state index in [1.54, 1.807) is 23.2 Å². The number of fused-ring (bicyclic) bond motifs is 3. The van der Waals surface area contributed by atoms with Crippen LogP contribution in [-0.4, -0.2) is 74.2 Å². The van der Waals surface area contributed by atoms with Gasteiger partial charge >= 0.3 is 0 Å². The van der Waals surface area contributed by atoms with Gasteiger partial charge in [0.2, 0.25) is 17.7 Å². The third-order valence-electron chi connectivity index (χ3n) is 11.0. The lowest BCUT2D eigenvalue weighted by atomic mass is 9.94. The van der Waals surface area contributed by atoms with Crippen LogP contribution in [0.5, 0.6) is 0 Å². The van der Waals surface area contributed by atoms with Crippen LogP contribution < -0.4 is 21.3 Å². The number of pyridine rings is 2. The first kappa shape index (κ1) is 38.8. The highest BCUT2D eigenvalue weighted by atomic mass is 16.2. The zero-order valence-corrected chi connectivity index (χ0v) is 33.0. The minimum Gasteiger partial charge on any atom is -0.382 e. The molecule has 4 amide bonds. The average molecular weight is 790 g/mol. The summed E-state index contributed by atoms with van der Waals surface area (Å²) < 4.78 is 1.82. The fourth-order valence-electron chi connectivity index (χ4n) is 7.92. The number of carbonyl (C=O) groups excluding carboxylic acids is 5. The van der Waals surface area contributed by atoms with E-state index < -0.39 is 11.9 Å². The van der Waals surface area contributed by atoms with Crippen LogP contribution in [0.4, 0.5) is 11.4 Å². The molecule has 1 unspecified atom stereocenters. The number of aryl methyl sites for hydroxylation is 2. The molecule has 3 aromatic heterocycles. The lowest BCUT2D eigenvalue weighted by Crippen LogP contribution is -2.52. The summed E-state index contributed by atoms with van der Waals surface area (Å²) in [7, 11) is 3.77. The largest absolute Gasteiger partial charge is 0.382 e. The molecule has 0 bridgehead atoms. The summed E-state index contributed by atoms with van der Waals surface area (Å²) >= 11 is 0. The topological polar surface area (TPSA) is 180 Å². The van der Waals surface area contributed by atoms with E-state index >= 15 is 0 Å². The standard InChI is InChI=1S/C26H22N4O2.C19H21N5O3/c1-2-16-10-21(26-24(11-16)30-25(32)8-9-27-26)20-5-3-4-17-12-23(29-14-22(17)20)18-6-7-19(15-31)28-13-18;1-20-9-11-8-15(22-23(11)2)12-4-3-5-13-14(12)10-24(19(13)27)16-6-7-17(25)21-18(16)26/h3-7,10-15,27H,2,8-9H2,1H3,(H,30,32);3-5,8,16,20H,6-7,9-10H2,1-2H3,(H,21,25,26). The van der Waals surface area contributed by atoms with Crippen molar-refractivity contribution in [2.45, 2.75) is 51.7 Å². The van der Waals surface area contributed by atoms with Crippen molar-refractivity contribution >= 4 is 52.1 Å². The summed E-state index contributed by atoms with van der Waals surface area (Å²) in [5, 5.41) is 18.6. The number of amides is 4. The average Bonchev–Trinajstić information content (AvgIpc) is 3.71. The molecule has 3 aromatic carbocycles. The fourth-order valence-corrected chi connectivity index (χ4v) is 7.92. The summed E-state index contributed by atoms with van der Waals surface area (Å²) in [5.41, 5.74) is 11.3. The Kier molecular flexibility index (Phi) is 10.8. The van der Waals surface area contributed by atoms with Crippen LogP contribution in [0, 0.1) is 0 Å². The van der Waals surface area contributed by atoms with Crippen molar-refractivity contribution in [2.75, 3.05) is 24.2 Å². The molecule has 14 nitrogen and oxygen atoms in total. The van der Waals surface area contributed by atoms with E-state index in [4.69, 9.17) is 0 Å². The van der Waals surface area contributed by atoms with Crippen molar-refractivity contribution < 1.29 is 24.0 Å². The van der Waals surface area contributed by atoms with Crippen molar-refractivity contribution in [2.24, 2.45) is 7.05 Å². The Balaban J connectivity index is 0.000000167. The van der Waals surface area contributed by atoms with Gasteiger partial charge in [-0.05, 0) is 84.4 Å². The van der Waals surface area contributed by atoms with Crippen molar-refractivity contribution in [3.05, 3.63) is 113 Å². The minimum atomic E-state index is -0.612. The third kappa shape index (κ3) is 7.69. The molecular formula is C45H43N9O5. The van der Waals surface area contributed by atoms with Gasteiger partial charge in [0.15, 0.2) is 6.29 Å². The van der Waals surface area contributed by atoms with Gasteiger partial charge in [-0.15, -0.1) is 0 Å². The fraction of sp³-hybridized carbons (Fsp3) is 0.244. The van der Waals surface area contributed by atoms with Gasteiger partial charge in [0, 0.05) is 79.6 Å². The van der Waals surface area contributed by atoms with E-state index in [-0.39, 0.29) is 24.1 Å². The van der Waals surface area contributed by atoms with Crippen LogP contribution in [-0.2, 0) is 40.9 Å². The summed E-state index contributed by atoms with van der Waals surface area (Å²) in [6, 6.07) is 23.0. The molecule has 3 aliphatic heterocycles. The smallest absolute Gasteiger partial charge is 0.255 e. The number of aldehydes is 1. The number of hydrogen-bond acceptors (Lipinski definition) is 10. The van der Waals surface area contributed by atoms with Crippen molar-refractivity contribution in [3.8, 4) is 33.6 Å². The Labute approximate surface area is 340 Å². The first-order valence-corrected chi connectivity index (χ1v) is 19.6. The van der Waals surface area contributed by atoms with Gasteiger partial charge in [-0.3, -0.25) is 43.9 Å². The van der Waals surface area contributed by atoms with Crippen LogP contribution in [0.1, 0.15) is 63.9 Å². The molecular weight excluding hydrogens is 747 g/mol. The number of rotatable bonds is 8. The molecule has 14 heteroatoms. The van der Waals surface area contributed by atoms with E-state index in [0.717, 1.165) is 85.3 Å². The molecule has 0 spiro atoms. The Morgan fingerprint density at radius 3 is 2.41 bits per heavy atom. The molecule has 6 heterocycles. The van der Waals surface area contributed by atoms with E-state index in [2.05, 4.69) is 61.5 Å². The van der Waals surface area contributed by atoms with Gasteiger partial charge in [-0.1, -0.05) is 37.3 Å². The van der Waals surface area contributed by atoms with Crippen LogP contribution in [0.3, 0.4) is 0 Å². The normalized spacial score (nSPS) is 16.0. The number of nitrogens with one attached hydrogen (secondary N) is 4. The molecule has 9 rings (SSSR count). The minimum absolute atomic E-state index is 0.0221. The number of benzene rings is 3. The molecule has 6 aromatic rings. The maximum absolute atomic E-state index is 12.9. The van der Waals surface area contributed by atoms with Crippen molar-refractivity contribution in [3.63, 3.8) is 0 Å². The number of hydrogen-bond donors (Lipinski definition) is 4. The molecule has 0 saturated carbocycles. The maximum Gasteiger partial charge on any atom is 0.255 e. The summed E-state index contributed by atoms with van der Waals surface area (Å²) in [4.78, 5) is 69.9. The van der Waals surface area contributed by atoms with Gasteiger partial charge in [0.25, 0.3) is 5.91 Å². The number of aromatic nitrogens is 4. The molecule has 1 atom stereocenters. The number of anilines is 2. The molecule has 4 N–H and O–H groups in total. The summed E-state index contributed by atoms with van der Waals surface area (Å²) in [5.74, 6) is -0.837. The SMILES string of the molecule is CCc1cc2c(c(-c3cccc4cc(-c5ccc(C=O)nc5)ncc34)c1)NCCC(=O)N2.CNCc1cc(-c2cccc3c2CN(C2CCC(=O)NC2=O)C3=O)nn1C. The first-order valence-electron chi connectivity index (χ1n) is 19.6. The second-order valence-electron chi connectivity index (χ2n) is 14.7. The Bertz CT molecular complexity index is 2650. The highest BCUT2D eigenvalue weighted by Crippen LogP contribution is 2.41. The van der Waals surface area contributed by atoms with Crippen LogP contribution in [0.15, 0.2) is 85.2 Å². The molecule has 1 saturated heterocycles. The van der Waals surface area contributed by atoms with Gasteiger partial charge < -0.3 is 20.9 Å². The maximum atomic E-state index is 12.9. The van der Waals surface area contributed by atoms with Crippen LogP contribution in [0.2, 0.25) is 0 Å². The lowest BCUT2D eigenvalue weighted by molar-refractivity contribution is -0.137. The zero-order chi connectivity index (χ0) is 41.2. The van der Waals surface area contributed by atoms with Gasteiger partial charge in [0.05, 0.1) is 28.5 Å². The molecule has 298 valence electrons. The molecule has 0 aliphatic carbocycles. The molecule has 0 radical (unpaired) electrons. The monoisotopic (exact) mass is 789 g/mol. The first-order chi connectivity index (χ1) is 28.6. The second kappa shape index (κ2) is 16.4. The van der Waals surface area contributed by atoms with E-state index in [9.17, 15) is 24.0 Å². The molecule has 1 fully saturated rings. The highest BCUT2D eigenvalue weighted by Gasteiger charge is 2.40. The van der Waals surface area contributed by atoms with Gasteiger partial charge in [0.1, 0.15) is 11.7 Å². The van der Waals surface area contributed by atoms with Crippen molar-refractivity contribution in [1.82, 2.24) is 35.3 Å². The van der Waals surface area contributed by atoms with E-state index in [1.165, 1.54) is 0 Å². The summed E-state index contributed by atoms with van der Waals surface area (Å²) in [6.45, 7) is 3.74. The Hall–Kier alpha value is -7.06. The third-order valence-corrected chi connectivity index (χ3v) is 11.0.